The van der Waals surface area contributed by atoms with Crippen LogP contribution in [0.25, 0.3) is 5.76 Å². The molecular weight excluding hydrogens is 580 g/mol. The number of hydrogen-bond acceptors (Lipinski definition) is 11. The summed E-state index contributed by atoms with van der Waals surface area (Å²) in [4.78, 5) is 42.9. The second-order valence-electron chi connectivity index (χ2n) is 12.8. The smallest absolute Gasteiger partial charge is 0.255 e. The predicted molar refractivity (Wildman–Crippen MR) is 171 cm³/mol. The van der Waals surface area contributed by atoms with Crippen LogP contribution in [0.2, 0.25) is 0 Å². The van der Waals surface area contributed by atoms with Crippen LogP contribution in [-0.4, -0.2) is 100 Å². The first-order valence-corrected chi connectivity index (χ1v) is 15.4. The van der Waals surface area contributed by atoms with E-state index in [1.54, 1.807) is 34.3 Å². The van der Waals surface area contributed by atoms with Gasteiger partial charge in [-0.15, -0.1) is 6.58 Å². The number of aromatic hydroxyl groups is 1. The molecule has 1 fully saturated rings. The molecule has 5 atom stereocenters. The number of anilines is 2. The lowest BCUT2D eigenvalue weighted by molar-refractivity contribution is -0.153. The van der Waals surface area contributed by atoms with Crippen LogP contribution in [0.5, 0.6) is 5.75 Å². The van der Waals surface area contributed by atoms with Crippen LogP contribution < -0.4 is 16.0 Å². The second kappa shape index (κ2) is 13.2. The summed E-state index contributed by atoms with van der Waals surface area (Å²) >= 11 is 0. The molecule has 1 unspecified atom stereocenters. The van der Waals surface area contributed by atoms with Crippen molar-refractivity contribution in [3.8, 4) is 5.75 Å². The van der Waals surface area contributed by atoms with Gasteiger partial charge in [0.25, 0.3) is 5.91 Å². The number of amides is 1. The van der Waals surface area contributed by atoms with Crippen LogP contribution in [0.1, 0.15) is 56.1 Å². The van der Waals surface area contributed by atoms with Crippen molar-refractivity contribution in [2.75, 3.05) is 45.0 Å². The second-order valence-corrected chi connectivity index (χ2v) is 12.8. The topological polar surface area (TPSA) is 197 Å². The average Bonchev–Trinajstić information content (AvgIpc) is 2.95. The van der Waals surface area contributed by atoms with E-state index in [9.17, 15) is 39.9 Å². The van der Waals surface area contributed by atoms with Gasteiger partial charge in [0.05, 0.1) is 23.4 Å². The number of phenolic OH excluding ortho intramolecular Hbond substituents is 1. The molecule has 0 spiro atoms. The van der Waals surface area contributed by atoms with Crippen molar-refractivity contribution in [2.24, 2.45) is 17.6 Å². The van der Waals surface area contributed by atoms with Gasteiger partial charge in [0.15, 0.2) is 11.4 Å². The zero-order valence-electron chi connectivity index (χ0n) is 26.5. The number of primary amides is 1. The first-order chi connectivity index (χ1) is 21.2. The standard InChI is InChI=1S/C33H46N4O8/c1-6-7-8-9-10-11-12-18(38)16-35-21-15-22(36(2)3)19-13-17-14-20-26(37(4)5)29(41)25(32(34)44)31(43)33(20,45)30(42)23(17)28(40)24(19)27(21)39/h6,15,17-18,20,26,35,38-40,43,45H,1,7-14,16H2,2-5H3,(H2,34,44)/t17-,18?,20-,26-,33-/m1/s1. The molecule has 4 rings (SSSR count). The van der Waals surface area contributed by atoms with Crippen molar-refractivity contribution in [2.45, 2.75) is 69.1 Å². The highest BCUT2D eigenvalue weighted by Crippen LogP contribution is 2.54. The van der Waals surface area contributed by atoms with E-state index in [0.29, 0.717) is 17.7 Å². The van der Waals surface area contributed by atoms with Crippen LogP contribution in [0.3, 0.4) is 0 Å². The average molecular weight is 627 g/mol. The van der Waals surface area contributed by atoms with Crippen molar-refractivity contribution in [1.82, 2.24) is 4.90 Å². The Morgan fingerprint density at radius 3 is 2.42 bits per heavy atom. The zero-order valence-corrected chi connectivity index (χ0v) is 26.5. The zero-order chi connectivity index (χ0) is 33.4. The van der Waals surface area contributed by atoms with Gasteiger partial charge < -0.3 is 41.5 Å². The number of ketones is 2. The number of unbranched alkanes of at least 4 members (excludes halogenated alkanes) is 4. The summed E-state index contributed by atoms with van der Waals surface area (Å²) in [6, 6.07) is 0.574. The first kappa shape index (κ1) is 34.0. The van der Waals surface area contributed by atoms with E-state index in [-0.39, 0.29) is 42.0 Å². The van der Waals surface area contributed by atoms with E-state index in [1.165, 1.54) is 4.90 Å². The van der Waals surface area contributed by atoms with E-state index < -0.39 is 64.1 Å². The molecule has 3 aliphatic rings. The molecule has 1 amide bonds. The molecule has 0 heterocycles. The number of aliphatic hydroxyl groups is 4. The molecule has 45 heavy (non-hydrogen) atoms. The summed E-state index contributed by atoms with van der Waals surface area (Å²) in [6.45, 7) is 3.86. The summed E-state index contributed by atoms with van der Waals surface area (Å²) in [5.41, 5.74) is 3.09. The van der Waals surface area contributed by atoms with Crippen molar-refractivity contribution >= 4 is 34.6 Å². The molecule has 3 aliphatic carbocycles. The maximum absolute atomic E-state index is 14.1. The van der Waals surface area contributed by atoms with Crippen molar-refractivity contribution in [3.05, 3.63) is 46.8 Å². The molecule has 0 radical (unpaired) electrons. The summed E-state index contributed by atoms with van der Waals surface area (Å²) < 4.78 is 0. The number of nitrogens with zero attached hydrogens (tertiary/aromatic N) is 2. The minimum Gasteiger partial charge on any atom is -0.508 e. The summed E-state index contributed by atoms with van der Waals surface area (Å²) in [5.74, 6) is -6.96. The monoisotopic (exact) mass is 626 g/mol. The van der Waals surface area contributed by atoms with Gasteiger partial charge in [0.2, 0.25) is 5.78 Å². The number of nitrogens with two attached hydrogens (primary N) is 1. The highest BCUT2D eigenvalue weighted by atomic mass is 16.3. The first-order valence-electron chi connectivity index (χ1n) is 15.4. The number of allylic oxidation sites excluding steroid dienone is 1. The van der Waals surface area contributed by atoms with E-state index >= 15 is 0 Å². The van der Waals surface area contributed by atoms with E-state index in [4.69, 9.17) is 5.73 Å². The fourth-order valence-corrected chi connectivity index (χ4v) is 7.18. The number of aliphatic hydroxyl groups excluding tert-OH is 3. The predicted octanol–water partition coefficient (Wildman–Crippen LogP) is 2.33. The Morgan fingerprint density at radius 1 is 1.16 bits per heavy atom. The molecule has 1 aromatic rings. The van der Waals surface area contributed by atoms with Crippen LogP contribution in [0, 0.1) is 11.8 Å². The van der Waals surface area contributed by atoms with Gasteiger partial charge in [-0.25, -0.2) is 0 Å². The highest BCUT2D eigenvalue weighted by molar-refractivity contribution is 6.24. The minimum absolute atomic E-state index is 0.00306. The van der Waals surface area contributed by atoms with Gasteiger partial charge in [0.1, 0.15) is 22.8 Å². The van der Waals surface area contributed by atoms with Gasteiger partial charge in [0, 0.05) is 37.8 Å². The third-order valence-electron chi connectivity index (χ3n) is 9.40. The number of phenols is 1. The highest BCUT2D eigenvalue weighted by Gasteiger charge is 2.64. The van der Waals surface area contributed by atoms with Gasteiger partial charge in [-0.3, -0.25) is 19.3 Å². The Kier molecular flexibility index (Phi) is 10.0. The number of likely N-dealkylation sites (N-methyl/N-ethyl adjacent to an activating group) is 1. The number of nitrogens with one attached hydrogen (secondary N) is 1. The fraction of sp³-hybridized carbons (Fsp3) is 0.545. The fourth-order valence-electron chi connectivity index (χ4n) is 7.18. The largest absolute Gasteiger partial charge is 0.508 e. The normalized spacial score (nSPS) is 25.1. The van der Waals surface area contributed by atoms with Gasteiger partial charge in [-0.1, -0.05) is 25.3 Å². The Labute approximate surface area is 263 Å². The Hall–Kier alpha value is -3.87. The number of carbonyl (C=O) groups excluding carboxylic acids is 3. The molecule has 1 aromatic carbocycles. The molecule has 0 saturated heterocycles. The third kappa shape index (κ3) is 5.94. The number of Topliss-reactive ketones (excluding diaryl/α,β-unsaturated/α-hetero) is 2. The lowest BCUT2D eigenvalue weighted by Crippen LogP contribution is -2.65. The Morgan fingerprint density at radius 2 is 1.82 bits per heavy atom. The van der Waals surface area contributed by atoms with E-state index in [0.717, 1.165) is 32.1 Å². The minimum atomic E-state index is -2.70. The van der Waals surface area contributed by atoms with Gasteiger partial charge in [-0.05, 0) is 63.7 Å². The quantitative estimate of drug-likeness (QED) is 0.0734. The number of hydrogen-bond donors (Lipinski definition) is 7. The van der Waals surface area contributed by atoms with Crippen molar-refractivity contribution in [1.29, 1.82) is 0 Å². The molecule has 0 aliphatic heterocycles. The van der Waals surface area contributed by atoms with Crippen LogP contribution in [0.4, 0.5) is 11.4 Å². The molecule has 1 saturated carbocycles. The Balaban J connectivity index is 1.72. The molecule has 246 valence electrons. The summed E-state index contributed by atoms with van der Waals surface area (Å²) in [7, 11) is 6.72. The summed E-state index contributed by atoms with van der Waals surface area (Å²) in [5, 5.41) is 59.5. The van der Waals surface area contributed by atoms with E-state index in [2.05, 4.69) is 11.9 Å². The number of fused-ring (bicyclic) bond motifs is 3. The van der Waals surface area contributed by atoms with Crippen molar-refractivity contribution < 1.29 is 39.9 Å². The third-order valence-corrected chi connectivity index (χ3v) is 9.40. The number of rotatable bonds is 13. The molecule has 8 N–H and O–H groups in total. The lowest BCUT2D eigenvalue weighted by Gasteiger charge is -2.50. The van der Waals surface area contributed by atoms with Crippen LogP contribution in [0.15, 0.2) is 35.6 Å². The molecule has 12 nitrogen and oxygen atoms in total. The molecule has 0 bridgehead atoms. The van der Waals surface area contributed by atoms with Crippen LogP contribution in [-0.2, 0) is 20.8 Å². The van der Waals surface area contributed by atoms with Crippen molar-refractivity contribution in [3.63, 3.8) is 0 Å². The number of benzene rings is 1. The van der Waals surface area contributed by atoms with E-state index in [1.807, 2.05) is 11.0 Å². The lowest BCUT2D eigenvalue weighted by atomic mass is 9.57. The molecule has 0 aromatic heterocycles. The Bertz CT molecular complexity index is 1450. The van der Waals surface area contributed by atoms with Gasteiger partial charge >= 0.3 is 0 Å². The maximum Gasteiger partial charge on any atom is 0.255 e. The van der Waals surface area contributed by atoms with Crippen LogP contribution >= 0.6 is 0 Å². The molecular formula is C33H46N4O8. The number of carbonyl (C=O) groups is 3. The maximum atomic E-state index is 14.1. The SMILES string of the molecule is C=CCCCCCCC(O)CNc1cc(N(C)C)c2c(c1O)C(O)=C1C(=O)[C@@]3(O)C(O)=C(C(N)=O)C(=O)[C@H](N(C)C)[C@H]3C[C@H]1C2. The summed E-state index contributed by atoms with van der Waals surface area (Å²) in [6.07, 6.45) is 6.88. The van der Waals surface area contributed by atoms with Gasteiger partial charge in [-0.2, -0.15) is 0 Å². The molecule has 12 heteroatoms.